The fourth-order valence-electron chi connectivity index (χ4n) is 1.40. The third-order valence-electron chi connectivity index (χ3n) is 2.44. The maximum absolute atomic E-state index is 4.53. The molecule has 0 saturated carbocycles. The lowest BCUT2D eigenvalue weighted by Crippen LogP contribution is -2.13. The number of thiazole rings is 1. The molecule has 0 radical (unpaired) electrons. The Morgan fingerprint density at radius 1 is 1.28 bits per heavy atom. The van der Waals surface area contributed by atoms with Gasteiger partial charge in [0.25, 0.3) is 0 Å². The molecule has 1 unspecified atom stereocenters. The maximum atomic E-state index is 4.53. The summed E-state index contributed by atoms with van der Waals surface area (Å²) in [6.45, 7) is 10.5. The van der Waals surface area contributed by atoms with Crippen molar-refractivity contribution in [2.45, 2.75) is 46.1 Å². The average Bonchev–Trinajstić information content (AvgIpc) is 2.85. The van der Waals surface area contributed by atoms with Gasteiger partial charge in [0.15, 0.2) is 0 Å². The Hall–Kier alpha value is -1.01. The van der Waals surface area contributed by atoms with Crippen LogP contribution in [0.15, 0.2) is 5.38 Å². The zero-order valence-corrected chi connectivity index (χ0v) is 12.9. The van der Waals surface area contributed by atoms with Crippen LogP contribution >= 0.6 is 22.9 Å². The van der Waals surface area contributed by atoms with Gasteiger partial charge in [-0.05, 0) is 13.8 Å². The van der Waals surface area contributed by atoms with Gasteiger partial charge in [-0.25, -0.2) is 9.97 Å². The predicted molar refractivity (Wildman–Crippen MR) is 77.5 cm³/mol. The third kappa shape index (κ3) is 3.05. The first kappa shape index (κ1) is 13.4. The lowest BCUT2D eigenvalue weighted by atomic mass is 9.96. The second-order valence-electron chi connectivity index (χ2n) is 5.37. The topological polar surface area (TPSA) is 50.7 Å². The minimum Gasteiger partial charge on any atom is -0.351 e. The van der Waals surface area contributed by atoms with Crippen LogP contribution in [0, 0.1) is 6.92 Å². The van der Waals surface area contributed by atoms with Gasteiger partial charge in [0, 0.05) is 28.0 Å². The molecule has 0 spiro atoms. The maximum Gasteiger partial charge on any atom is 0.203 e. The van der Waals surface area contributed by atoms with E-state index in [9.17, 15) is 0 Å². The number of rotatable bonds is 3. The van der Waals surface area contributed by atoms with Crippen molar-refractivity contribution >= 4 is 28.0 Å². The van der Waals surface area contributed by atoms with Crippen molar-refractivity contribution < 1.29 is 0 Å². The van der Waals surface area contributed by atoms with Crippen LogP contribution in [0.3, 0.4) is 0 Å². The van der Waals surface area contributed by atoms with E-state index in [4.69, 9.17) is 0 Å². The van der Waals surface area contributed by atoms with E-state index in [2.05, 4.69) is 52.7 Å². The number of hydrogen-bond donors (Lipinski definition) is 1. The normalized spacial score (nSPS) is 13.6. The smallest absolute Gasteiger partial charge is 0.203 e. The summed E-state index contributed by atoms with van der Waals surface area (Å²) < 4.78 is 4.39. The van der Waals surface area contributed by atoms with Crippen LogP contribution in [0.4, 0.5) is 5.13 Å². The number of nitrogens with one attached hydrogen (secondary N) is 1. The number of aromatic nitrogens is 3. The molecular formula is C12H18N4S2. The van der Waals surface area contributed by atoms with Crippen LogP contribution in [0.1, 0.15) is 50.3 Å². The fraction of sp³-hybridized carbons (Fsp3) is 0.583. The summed E-state index contributed by atoms with van der Waals surface area (Å²) in [6, 6.07) is 0.171. The highest BCUT2D eigenvalue weighted by atomic mass is 32.1. The van der Waals surface area contributed by atoms with E-state index in [0.29, 0.717) is 0 Å². The van der Waals surface area contributed by atoms with Crippen LogP contribution in [-0.4, -0.2) is 14.3 Å². The molecule has 2 rings (SSSR count). The summed E-state index contributed by atoms with van der Waals surface area (Å²) in [7, 11) is 0. The van der Waals surface area contributed by atoms with Crippen LogP contribution < -0.4 is 5.32 Å². The van der Waals surface area contributed by atoms with E-state index in [1.807, 2.05) is 6.92 Å². The van der Waals surface area contributed by atoms with Gasteiger partial charge in [0.05, 0.1) is 6.04 Å². The van der Waals surface area contributed by atoms with Crippen molar-refractivity contribution in [2.75, 3.05) is 5.32 Å². The van der Waals surface area contributed by atoms with Gasteiger partial charge in [0.2, 0.25) is 5.13 Å². The molecule has 18 heavy (non-hydrogen) atoms. The van der Waals surface area contributed by atoms with E-state index >= 15 is 0 Å². The molecule has 2 aromatic rings. The van der Waals surface area contributed by atoms with Crippen LogP contribution in [-0.2, 0) is 5.41 Å². The minimum atomic E-state index is -0.00254. The third-order valence-corrected chi connectivity index (χ3v) is 4.24. The zero-order chi connectivity index (χ0) is 13.3. The molecule has 0 saturated heterocycles. The van der Waals surface area contributed by atoms with Gasteiger partial charge in [0.1, 0.15) is 10.8 Å². The fourth-order valence-corrected chi connectivity index (χ4v) is 3.05. The van der Waals surface area contributed by atoms with Gasteiger partial charge in [-0.15, -0.1) is 11.3 Å². The Kier molecular flexibility index (Phi) is 3.68. The first-order chi connectivity index (χ1) is 8.36. The minimum absolute atomic E-state index is 0.00254. The van der Waals surface area contributed by atoms with Crippen molar-refractivity contribution in [3.05, 3.63) is 21.9 Å². The number of hydrogen-bond acceptors (Lipinski definition) is 6. The summed E-state index contributed by atoms with van der Waals surface area (Å²) in [6.07, 6.45) is 0. The van der Waals surface area contributed by atoms with Crippen molar-refractivity contribution in [1.29, 1.82) is 0 Å². The summed E-state index contributed by atoms with van der Waals surface area (Å²) in [5.41, 5.74) is 1.06. The molecule has 1 atom stereocenters. The molecular weight excluding hydrogens is 264 g/mol. The molecule has 0 aliphatic carbocycles. The molecule has 6 heteroatoms. The first-order valence-corrected chi connectivity index (χ1v) is 7.54. The molecule has 0 aromatic carbocycles. The van der Waals surface area contributed by atoms with Crippen LogP contribution in [0.5, 0.6) is 0 Å². The van der Waals surface area contributed by atoms with Gasteiger partial charge >= 0.3 is 0 Å². The Balaban J connectivity index is 2.08. The standard InChI is InChI=1S/C12H18N4S2/c1-7-6-17-9(13-7)8(2)14-11-15-10(16-18-11)12(3,4)5/h6,8H,1-5H3,(H,14,15,16). The largest absolute Gasteiger partial charge is 0.351 e. The van der Waals surface area contributed by atoms with E-state index in [-0.39, 0.29) is 11.5 Å². The molecule has 2 aromatic heterocycles. The zero-order valence-electron chi connectivity index (χ0n) is 11.3. The Morgan fingerprint density at radius 3 is 2.50 bits per heavy atom. The van der Waals surface area contributed by atoms with E-state index in [1.54, 1.807) is 11.3 Å². The molecule has 2 heterocycles. The van der Waals surface area contributed by atoms with Gasteiger partial charge in [-0.2, -0.15) is 4.37 Å². The van der Waals surface area contributed by atoms with E-state index in [0.717, 1.165) is 21.7 Å². The van der Waals surface area contributed by atoms with Crippen LogP contribution in [0.2, 0.25) is 0 Å². The Labute approximate surface area is 116 Å². The molecule has 98 valence electrons. The molecule has 1 N–H and O–H groups in total. The molecule has 4 nitrogen and oxygen atoms in total. The van der Waals surface area contributed by atoms with Crippen LogP contribution in [0.25, 0.3) is 0 Å². The number of anilines is 1. The highest BCUT2D eigenvalue weighted by molar-refractivity contribution is 7.10. The summed E-state index contributed by atoms with van der Waals surface area (Å²) in [5.74, 6) is 0.887. The first-order valence-electron chi connectivity index (χ1n) is 5.89. The molecule has 0 aliphatic heterocycles. The van der Waals surface area contributed by atoms with Crippen molar-refractivity contribution in [2.24, 2.45) is 0 Å². The second-order valence-corrected chi connectivity index (χ2v) is 7.01. The SMILES string of the molecule is Cc1csc(C(C)Nc2nc(C(C)(C)C)ns2)n1. The van der Waals surface area contributed by atoms with E-state index in [1.165, 1.54) is 11.5 Å². The second kappa shape index (κ2) is 4.93. The summed E-state index contributed by atoms with van der Waals surface area (Å²) in [4.78, 5) is 9.00. The molecule has 0 fully saturated rings. The molecule has 0 amide bonds. The summed E-state index contributed by atoms with van der Waals surface area (Å²) >= 11 is 3.08. The predicted octanol–water partition coefficient (Wildman–Crippen LogP) is 3.77. The monoisotopic (exact) mass is 282 g/mol. The molecule has 0 bridgehead atoms. The quantitative estimate of drug-likeness (QED) is 0.931. The number of nitrogens with zero attached hydrogens (tertiary/aromatic N) is 3. The average molecular weight is 282 g/mol. The Bertz CT molecular complexity index is 524. The van der Waals surface area contributed by atoms with Gasteiger partial charge < -0.3 is 5.32 Å². The van der Waals surface area contributed by atoms with Crippen molar-refractivity contribution in [3.8, 4) is 0 Å². The van der Waals surface area contributed by atoms with Crippen molar-refractivity contribution in [3.63, 3.8) is 0 Å². The van der Waals surface area contributed by atoms with E-state index < -0.39 is 0 Å². The van der Waals surface area contributed by atoms with Crippen molar-refractivity contribution in [1.82, 2.24) is 14.3 Å². The lowest BCUT2D eigenvalue weighted by Gasteiger charge is -2.12. The Morgan fingerprint density at radius 2 is 2.00 bits per heavy atom. The highest BCUT2D eigenvalue weighted by Gasteiger charge is 2.20. The van der Waals surface area contributed by atoms with Gasteiger partial charge in [-0.1, -0.05) is 20.8 Å². The lowest BCUT2D eigenvalue weighted by molar-refractivity contribution is 0.555. The summed E-state index contributed by atoms with van der Waals surface area (Å²) in [5, 5.41) is 7.37. The van der Waals surface area contributed by atoms with Gasteiger partial charge in [-0.3, -0.25) is 0 Å². The highest BCUT2D eigenvalue weighted by Crippen LogP contribution is 2.26. The number of aryl methyl sites for hydroxylation is 1. The molecule has 0 aliphatic rings.